The fourth-order valence-electron chi connectivity index (χ4n) is 4.00. The van der Waals surface area contributed by atoms with E-state index in [0.717, 1.165) is 25.4 Å². The third-order valence-electron chi connectivity index (χ3n) is 5.26. The highest BCUT2D eigenvalue weighted by atomic mass is 16.5. The maximum absolute atomic E-state index is 5.30. The van der Waals surface area contributed by atoms with Gasteiger partial charge in [0.25, 0.3) is 0 Å². The van der Waals surface area contributed by atoms with Crippen molar-refractivity contribution in [2.75, 3.05) is 13.7 Å². The average Bonchev–Trinajstić information content (AvgIpc) is 3.04. The zero-order valence-electron chi connectivity index (χ0n) is 15.6. The molecule has 3 nitrogen and oxygen atoms in total. The van der Waals surface area contributed by atoms with E-state index in [1.54, 1.807) is 7.11 Å². The summed E-state index contributed by atoms with van der Waals surface area (Å²) in [5.74, 6) is 0.911. The molecule has 0 fully saturated rings. The Labute approximate surface area is 155 Å². The number of hydrogen-bond donors (Lipinski definition) is 0. The largest absolute Gasteiger partial charge is 0.497 e. The normalized spacial score (nSPS) is 17.5. The summed E-state index contributed by atoms with van der Waals surface area (Å²) in [6.45, 7) is 5.29. The van der Waals surface area contributed by atoms with Gasteiger partial charge in [-0.25, -0.2) is 0 Å². The molecule has 0 aliphatic carbocycles. The second-order valence-electron chi connectivity index (χ2n) is 7.12. The van der Waals surface area contributed by atoms with Gasteiger partial charge < -0.3 is 9.30 Å². The quantitative estimate of drug-likeness (QED) is 0.675. The summed E-state index contributed by atoms with van der Waals surface area (Å²) in [5, 5.41) is 0. The van der Waals surface area contributed by atoms with Gasteiger partial charge in [0.15, 0.2) is 0 Å². The van der Waals surface area contributed by atoms with E-state index in [9.17, 15) is 0 Å². The van der Waals surface area contributed by atoms with Crippen molar-refractivity contribution >= 4 is 0 Å². The molecule has 0 N–H and O–H groups in total. The van der Waals surface area contributed by atoms with Crippen LogP contribution in [0.1, 0.15) is 34.8 Å². The van der Waals surface area contributed by atoms with Crippen LogP contribution in [0, 0.1) is 6.92 Å². The first-order chi connectivity index (χ1) is 12.7. The summed E-state index contributed by atoms with van der Waals surface area (Å²) >= 11 is 0. The number of methoxy groups -OCH3 is 1. The van der Waals surface area contributed by atoms with Crippen molar-refractivity contribution in [3.63, 3.8) is 0 Å². The molecule has 0 radical (unpaired) electrons. The number of nitrogens with zero attached hydrogens (tertiary/aromatic N) is 2. The molecule has 1 aliphatic rings. The Hall–Kier alpha value is -2.52. The van der Waals surface area contributed by atoms with Gasteiger partial charge in [0.05, 0.1) is 13.2 Å². The van der Waals surface area contributed by atoms with Crippen molar-refractivity contribution < 1.29 is 4.74 Å². The van der Waals surface area contributed by atoms with Crippen molar-refractivity contribution in [3.05, 3.63) is 89.2 Å². The van der Waals surface area contributed by atoms with Crippen molar-refractivity contribution in [3.8, 4) is 5.75 Å². The molecule has 0 saturated heterocycles. The van der Waals surface area contributed by atoms with Gasteiger partial charge >= 0.3 is 0 Å². The predicted molar refractivity (Wildman–Crippen MR) is 105 cm³/mol. The summed E-state index contributed by atoms with van der Waals surface area (Å²) < 4.78 is 7.72. The Kier molecular flexibility index (Phi) is 4.81. The molecule has 0 saturated carbocycles. The van der Waals surface area contributed by atoms with E-state index < -0.39 is 0 Å². The van der Waals surface area contributed by atoms with Gasteiger partial charge in [-0.1, -0.05) is 42.0 Å². The third kappa shape index (κ3) is 3.40. The van der Waals surface area contributed by atoms with Crippen LogP contribution in [0.3, 0.4) is 0 Å². The molecule has 2 heterocycles. The van der Waals surface area contributed by atoms with Crippen LogP contribution in [0.2, 0.25) is 0 Å². The Bertz CT molecular complexity index is 866. The van der Waals surface area contributed by atoms with Crippen molar-refractivity contribution in [1.82, 2.24) is 9.47 Å². The molecule has 0 spiro atoms. The zero-order valence-corrected chi connectivity index (χ0v) is 15.6. The number of ether oxygens (including phenoxy) is 1. The van der Waals surface area contributed by atoms with E-state index in [1.165, 1.54) is 28.8 Å². The smallest absolute Gasteiger partial charge is 0.118 e. The molecule has 1 unspecified atom stereocenters. The lowest BCUT2D eigenvalue weighted by Gasteiger charge is -2.31. The Morgan fingerprint density at radius 1 is 1.00 bits per heavy atom. The summed E-state index contributed by atoms with van der Waals surface area (Å²) in [5.41, 5.74) is 5.40. The minimum Gasteiger partial charge on any atom is -0.497 e. The molecule has 3 aromatic rings. The standard InChI is InChI=1S/C23H26N2O/c1-18-6-3-7-20(16-18)23-22-8-4-13-24(22)14-5-15-25(23)17-19-9-11-21(26-2)12-10-19/h3-4,6-13,16,23H,5,14-15,17H2,1-2H3. The first-order valence-corrected chi connectivity index (χ1v) is 9.33. The molecule has 4 rings (SSSR count). The van der Waals surface area contributed by atoms with Gasteiger partial charge in [-0.15, -0.1) is 0 Å². The second kappa shape index (κ2) is 7.38. The van der Waals surface area contributed by atoms with Gasteiger partial charge in [-0.05, 0) is 48.7 Å². The van der Waals surface area contributed by atoms with Crippen molar-refractivity contribution in [2.45, 2.75) is 32.5 Å². The topological polar surface area (TPSA) is 17.4 Å². The minimum absolute atomic E-state index is 0.287. The SMILES string of the molecule is COc1ccc(CN2CCCn3cccc3C2c2cccc(C)c2)cc1. The van der Waals surface area contributed by atoms with Crippen molar-refractivity contribution in [2.24, 2.45) is 0 Å². The first-order valence-electron chi connectivity index (χ1n) is 9.33. The maximum Gasteiger partial charge on any atom is 0.118 e. The molecular formula is C23H26N2O. The lowest BCUT2D eigenvalue weighted by atomic mass is 9.99. The summed E-state index contributed by atoms with van der Waals surface area (Å²) in [6.07, 6.45) is 3.38. The molecule has 26 heavy (non-hydrogen) atoms. The third-order valence-corrected chi connectivity index (χ3v) is 5.26. The number of rotatable bonds is 4. The Balaban J connectivity index is 1.70. The van der Waals surface area contributed by atoms with Crippen LogP contribution in [0.4, 0.5) is 0 Å². The number of aryl methyl sites for hydroxylation is 2. The molecule has 1 aliphatic heterocycles. The summed E-state index contributed by atoms with van der Waals surface area (Å²) in [6, 6.07) is 22.1. The maximum atomic E-state index is 5.30. The van der Waals surface area contributed by atoms with E-state index in [2.05, 4.69) is 83.3 Å². The second-order valence-corrected chi connectivity index (χ2v) is 7.12. The van der Waals surface area contributed by atoms with Gasteiger partial charge in [0.2, 0.25) is 0 Å². The van der Waals surface area contributed by atoms with Crippen LogP contribution in [-0.2, 0) is 13.1 Å². The van der Waals surface area contributed by atoms with E-state index in [0.29, 0.717) is 0 Å². The van der Waals surface area contributed by atoms with E-state index >= 15 is 0 Å². The number of fused-ring (bicyclic) bond motifs is 1. The number of aromatic nitrogens is 1. The zero-order chi connectivity index (χ0) is 17.9. The van der Waals surface area contributed by atoms with Gasteiger partial charge in [-0.3, -0.25) is 4.90 Å². The average molecular weight is 346 g/mol. The van der Waals surface area contributed by atoms with E-state index in [-0.39, 0.29) is 6.04 Å². The minimum atomic E-state index is 0.287. The molecule has 0 bridgehead atoms. The van der Waals surface area contributed by atoms with Crippen LogP contribution in [-0.4, -0.2) is 23.1 Å². The van der Waals surface area contributed by atoms with Crippen LogP contribution in [0.25, 0.3) is 0 Å². The monoisotopic (exact) mass is 346 g/mol. The van der Waals surface area contributed by atoms with Crippen LogP contribution < -0.4 is 4.74 Å². The molecule has 134 valence electrons. The molecule has 0 amide bonds. The van der Waals surface area contributed by atoms with E-state index in [4.69, 9.17) is 4.74 Å². The van der Waals surface area contributed by atoms with E-state index in [1.807, 2.05) is 0 Å². The fraction of sp³-hybridized carbons (Fsp3) is 0.304. The Morgan fingerprint density at radius 2 is 1.85 bits per heavy atom. The predicted octanol–water partition coefficient (Wildman–Crippen LogP) is 4.80. The molecule has 3 heteroatoms. The van der Waals surface area contributed by atoms with Crippen LogP contribution >= 0.6 is 0 Å². The number of benzene rings is 2. The van der Waals surface area contributed by atoms with Gasteiger partial charge in [-0.2, -0.15) is 0 Å². The lowest BCUT2D eigenvalue weighted by Crippen LogP contribution is -2.29. The highest BCUT2D eigenvalue weighted by Crippen LogP contribution is 2.33. The summed E-state index contributed by atoms with van der Waals surface area (Å²) in [7, 11) is 1.71. The van der Waals surface area contributed by atoms with Gasteiger partial charge in [0.1, 0.15) is 5.75 Å². The molecule has 1 atom stereocenters. The Morgan fingerprint density at radius 3 is 2.62 bits per heavy atom. The number of hydrogen-bond acceptors (Lipinski definition) is 2. The molecular weight excluding hydrogens is 320 g/mol. The van der Waals surface area contributed by atoms with Crippen molar-refractivity contribution in [1.29, 1.82) is 0 Å². The highest BCUT2D eigenvalue weighted by Gasteiger charge is 2.27. The lowest BCUT2D eigenvalue weighted by molar-refractivity contribution is 0.220. The fourth-order valence-corrected chi connectivity index (χ4v) is 4.00. The molecule has 1 aromatic heterocycles. The highest BCUT2D eigenvalue weighted by molar-refractivity contribution is 5.33. The van der Waals surface area contributed by atoms with Gasteiger partial charge in [0, 0.05) is 31.5 Å². The molecule has 2 aromatic carbocycles. The van der Waals surface area contributed by atoms with Crippen LogP contribution in [0.15, 0.2) is 66.9 Å². The summed E-state index contributed by atoms with van der Waals surface area (Å²) in [4.78, 5) is 2.61. The van der Waals surface area contributed by atoms with Crippen LogP contribution in [0.5, 0.6) is 5.75 Å². The first kappa shape index (κ1) is 16.9.